The third kappa shape index (κ3) is 27.9. The van der Waals surface area contributed by atoms with Crippen LogP contribution in [0.5, 0.6) is 0 Å². The van der Waals surface area contributed by atoms with Gasteiger partial charge in [0.1, 0.15) is 12.6 Å². The van der Waals surface area contributed by atoms with Gasteiger partial charge in [0.25, 0.3) is 0 Å². The molecule has 0 unspecified atom stereocenters. The van der Waals surface area contributed by atoms with Gasteiger partial charge in [0.15, 0.2) is 11.4 Å². The van der Waals surface area contributed by atoms with Crippen LogP contribution in [-0.4, -0.2) is 332 Å². The SMILES string of the molecule is COC(=O)N1C[C@@H](CN2CCCC2)N(C(=O)Cc2ccc(Cl)c(Cl)c2)C[C@@H]1CNC(=S)N[C@@H](CC(=O)O)C(O)O.COC(=O)N1C[C@@H](CN2CCCC2)N(C(=O)Cc2ccc(Cl)c(Cl)c2)C[C@@H]1CNS(C)(=O)=O.COC(=O)N1C[C@@H](CN2CCCC2)N(C(=O)Cc2ccc(Cl)c(Cl)c2)C[C@@H]1COC(=O)[C@H](N)CC(=O)O. The number of aliphatic hydroxyl groups is 2. The average molecular weight is 1700 g/mol. The molecular formula is C70H97Cl6N13O19S2. The van der Waals surface area contributed by atoms with Crippen molar-refractivity contribution in [3.8, 4) is 0 Å². The Labute approximate surface area is 674 Å². The zero-order valence-electron chi connectivity index (χ0n) is 61.5. The van der Waals surface area contributed by atoms with E-state index < -0.39 is 95.6 Å². The minimum atomic E-state index is -3.47. The van der Waals surface area contributed by atoms with Crippen LogP contribution in [0.4, 0.5) is 14.4 Å². The highest BCUT2D eigenvalue weighted by Gasteiger charge is 2.44. The molecule has 0 bridgehead atoms. The molecule has 3 aromatic rings. The Bertz CT molecular complexity index is 3810. The fraction of sp³-hybridized carbons (Fsp3) is 0.600. The van der Waals surface area contributed by atoms with Crippen molar-refractivity contribution in [2.45, 2.75) is 125 Å². The molecule has 110 heavy (non-hydrogen) atoms. The van der Waals surface area contributed by atoms with E-state index in [1.165, 1.54) is 31.1 Å². The summed E-state index contributed by atoms with van der Waals surface area (Å²) in [6.45, 7) is 8.32. The first-order chi connectivity index (χ1) is 52.1. The number of sulfonamides is 1. The average Bonchev–Trinajstić information content (AvgIpc) is 1.26. The van der Waals surface area contributed by atoms with Gasteiger partial charge in [-0.1, -0.05) is 87.8 Å². The number of hydrogen-bond acceptors (Lipinski definition) is 22. The quantitative estimate of drug-likeness (QED) is 0.0240. The fourth-order valence-corrected chi connectivity index (χ4v) is 15.7. The number of nitrogens with two attached hydrogens (primary N) is 1. The number of benzene rings is 3. The first-order valence-corrected chi connectivity index (χ1v) is 40.3. The summed E-state index contributed by atoms with van der Waals surface area (Å²) in [4.78, 5) is 129. The van der Waals surface area contributed by atoms with Crippen LogP contribution in [0.25, 0.3) is 0 Å². The molecule has 0 aromatic heterocycles. The van der Waals surface area contributed by atoms with Gasteiger partial charge < -0.3 is 90.0 Å². The summed E-state index contributed by atoms with van der Waals surface area (Å²) in [5.41, 5.74) is 7.74. The van der Waals surface area contributed by atoms with Crippen LogP contribution < -0.4 is 21.1 Å². The second-order valence-corrected chi connectivity index (χ2v) is 32.3. The highest BCUT2D eigenvalue weighted by atomic mass is 35.5. The second kappa shape index (κ2) is 43.6. The maximum absolute atomic E-state index is 13.6. The third-order valence-electron chi connectivity index (χ3n) is 19.6. The van der Waals surface area contributed by atoms with Crippen molar-refractivity contribution in [1.82, 2.24) is 59.5 Å². The van der Waals surface area contributed by atoms with E-state index in [2.05, 4.69) is 30.1 Å². The number of carboxylic acids is 2. The lowest BCUT2D eigenvalue weighted by atomic mass is 10.0. The van der Waals surface area contributed by atoms with Crippen molar-refractivity contribution in [3.05, 3.63) is 101 Å². The van der Waals surface area contributed by atoms with Gasteiger partial charge in [0.2, 0.25) is 27.7 Å². The number of amides is 6. The smallest absolute Gasteiger partial charge is 0.409 e. The van der Waals surface area contributed by atoms with Crippen molar-refractivity contribution in [3.63, 3.8) is 0 Å². The number of nitrogens with zero attached hydrogens (tertiary/aromatic N) is 9. The number of halogens is 6. The zero-order chi connectivity index (χ0) is 80.7. The monoisotopic (exact) mass is 1700 g/mol. The summed E-state index contributed by atoms with van der Waals surface area (Å²) in [5, 5.41) is 44.6. The van der Waals surface area contributed by atoms with Crippen molar-refractivity contribution >= 4 is 151 Å². The molecule has 9 rings (SSSR count). The van der Waals surface area contributed by atoms with E-state index in [1.54, 1.807) is 74.2 Å². The number of carbonyl (C=O) groups excluding carboxylic acids is 7. The summed E-state index contributed by atoms with van der Waals surface area (Å²) < 4.78 is 46.0. The Hall–Kier alpha value is -6.61. The maximum Gasteiger partial charge on any atom is 0.409 e. The number of likely N-dealkylation sites (tertiary alicyclic amines) is 3. The van der Waals surface area contributed by atoms with Gasteiger partial charge in [-0.3, -0.25) is 38.6 Å². The lowest BCUT2D eigenvalue weighted by Gasteiger charge is -2.46. The molecule has 9 N–H and O–H groups in total. The van der Waals surface area contributed by atoms with Gasteiger partial charge in [-0.15, -0.1) is 0 Å². The molecular weight excluding hydrogens is 1600 g/mol. The van der Waals surface area contributed by atoms with Crippen LogP contribution >= 0.6 is 81.8 Å². The fourth-order valence-electron chi connectivity index (χ4n) is 14.0. The Morgan fingerprint density at radius 3 is 1.15 bits per heavy atom. The highest BCUT2D eigenvalue weighted by molar-refractivity contribution is 7.88. The summed E-state index contributed by atoms with van der Waals surface area (Å²) in [5.74, 6) is -3.81. The maximum atomic E-state index is 13.6. The summed E-state index contributed by atoms with van der Waals surface area (Å²) in [6, 6.07) is 9.92. The first-order valence-electron chi connectivity index (χ1n) is 35.8. The summed E-state index contributed by atoms with van der Waals surface area (Å²) >= 11 is 41.7. The standard InChI is InChI=1S/C25H35Cl2N5O7S.C24H32Cl2N4O7.C21H30Cl2N4O5S/c1-39-25(38)32-14-17(12-30-6-2-3-7-30)31(21(33)9-15-4-5-18(26)19(27)8-15)13-16(32)11-28-24(40)29-20(23(36)37)10-22(34)35;1-36-24(35)30-12-16(11-28-6-2-3-7-28)29(21(31)9-15-4-5-18(25)19(26)8-15)13-17(30)14-37-23(34)20(27)10-22(32)33;1-32-21(29)27-14-17(12-25-7-3-4-8-25)26(13-16(27)11-24-33(2,30)31)20(28)10-15-5-6-18(22)19(23)9-15/h4-5,8,16-17,20,23,36-37H,2-3,6-7,9-14H2,1H3,(H,34,35)(H2,28,29,40);4-5,8,16-17,20H,2-3,6-7,9-14,27H2,1H3,(H,32,33);5-6,9,16-17,24H,3-4,7-8,10-14H2,1-2H3/t16-,17+,20-;16-,17-,20-;16-,17+/m010/s1. The van der Waals surface area contributed by atoms with E-state index in [0.29, 0.717) is 60.9 Å². The van der Waals surface area contributed by atoms with Crippen molar-refractivity contribution in [2.24, 2.45) is 5.73 Å². The molecule has 6 aliphatic heterocycles. The molecule has 0 aliphatic carbocycles. The van der Waals surface area contributed by atoms with E-state index in [-0.39, 0.29) is 119 Å². The minimum Gasteiger partial charge on any atom is -0.481 e. The van der Waals surface area contributed by atoms with E-state index in [0.717, 1.165) is 89.6 Å². The van der Waals surface area contributed by atoms with E-state index in [9.17, 15) is 61.8 Å². The van der Waals surface area contributed by atoms with Gasteiger partial charge in [0, 0.05) is 72.0 Å². The third-order valence-corrected chi connectivity index (χ3v) is 22.7. The number of hydrogen-bond donors (Lipinski definition) is 8. The number of aliphatic hydroxyl groups excluding tert-OH is 1. The van der Waals surface area contributed by atoms with Gasteiger partial charge >= 0.3 is 36.2 Å². The lowest BCUT2D eigenvalue weighted by Crippen LogP contribution is -2.66. The molecule has 6 aliphatic rings. The van der Waals surface area contributed by atoms with Crippen LogP contribution in [0.15, 0.2) is 54.6 Å². The number of carbonyl (C=O) groups is 9. The number of aliphatic carboxylic acids is 2. The summed E-state index contributed by atoms with van der Waals surface area (Å²) in [7, 11) is 0.361. The van der Waals surface area contributed by atoms with Crippen LogP contribution in [0.2, 0.25) is 30.1 Å². The van der Waals surface area contributed by atoms with Gasteiger partial charge in [0.05, 0.1) is 132 Å². The van der Waals surface area contributed by atoms with E-state index in [4.69, 9.17) is 117 Å². The number of esters is 1. The normalized spacial score (nSPS) is 21.0. The van der Waals surface area contributed by atoms with E-state index >= 15 is 0 Å². The molecule has 6 fully saturated rings. The summed E-state index contributed by atoms with van der Waals surface area (Å²) in [6.07, 6.45) is 3.01. The molecule has 0 radical (unpaired) electrons. The van der Waals surface area contributed by atoms with Crippen molar-refractivity contribution in [1.29, 1.82) is 0 Å². The molecule has 40 heteroatoms. The molecule has 6 saturated heterocycles. The number of methoxy groups -OCH3 is 3. The number of rotatable bonds is 26. The number of thiocarbonyl (C=S) groups is 1. The molecule has 32 nitrogen and oxygen atoms in total. The van der Waals surface area contributed by atoms with Gasteiger partial charge in [-0.25, -0.2) is 27.5 Å². The highest BCUT2D eigenvalue weighted by Crippen LogP contribution is 2.30. The predicted molar refractivity (Wildman–Crippen MR) is 415 cm³/mol. The number of ether oxygens (including phenoxy) is 4. The molecule has 0 spiro atoms. The Balaban J connectivity index is 0.000000230. The molecule has 0 saturated carbocycles. The van der Waals surface area contributed by atoms with Crippen LogP contribution in [-0.2, 0) is 77.0 Å². The van der Waals surface area contributed by atoms with Gasteiger partial charge in [-0.2, -0.15) is 0 Å². The molecule has 6 heterocycles. The zero-order valence-corrected chi connectivity index (χ0v) is 67.7. The topological polar surface area (TPSA) is 397 Å². The van der Waals surface area contributed by atoms with Crippen molar-refractivity contribution in [2.75, 3.05) is 145 Å². The Kier molecular flexibility index (Phi) is 35.9. The van der Waals surface area contributed by atoms with Crippen LogP contribution in [0.1, 0.15) is 68.1 Å². The van der Waals surface area contributed by atoms with Gasteiger partial charge in [-0.05, 0) is 143 Å². The van der Waals surface area contributed by atoms with Crippen LogP contribution in [0.3, 0.4) is 0 Å². The van der Waals surface area contributed by atoms with Crippen LogP contribution in [0, 0.1) is 0 Å². The Morgan fingerprint density at radius 2 is 0.827 bits per heavy atom. The predicted octanol–water partition coefficient (Wildman–Crippen LogP) is 4.35. The number of piperazine rings is 3. The van der Waals surface area contributed by atoms with Crippen molar-refractivity contribution < 1.29 is 90.9 Å². The first kappa shape index (κ1) is 90.6. The van der Waals surface area contributed by atoms with E-state index in [1.807, 2.05) is 0 Å². The lowest BCUT2D eigenvalue weighted by molar-refractivity contribution is -0.152. The minimum absolute atomic E-state index is 0.0130. The second-order valence-electron chi connectivity index (χ2n) is 27.7. The molecule has 610 valence electrons. The number of nitrogens with one attached hydrogen (secondary N) is 3. The largest absolute Gasteiger partial charge is 0.481 e. The molecule has 6 amide bonds. The Morgan fingerprint density at radius 1 is 0.500 bits per heavy atom. The molecule has 3 aromatic carbocycles. The molecule has 8 atom stereocenters. The number of carboxylic acid groups (broad SMARTS) is 2.